The zero-order chi connectivity index (χ0) is 14.7. The fourth-order valence-electron chi connectivity index (χ4n) is 1.90. The van der Waals surface area contributed by atoms with Crippen LogP contribution >= 0.6 is 0 Å². The van der Waals surface area contributed by atoms with Crippen LogP contribution in [-0.4, -0.2) is 29.6 Å². The van der Waals surface area contributed by atoms with E-state index in [0.29, 0.717) is 5.69 Å². The zero-order valence-corrected chi connectivity index (χ0v) is 10.9. The summed E-state index contributed by atoms with van der Waals surface area (Å²) in [6, 6.07) is 9.87. The number of ketones is 1. The van der Waals surface area contributed by atoms with Crippen molar-refractivity contribution in [1.29, 1.82) is 0 Å². The Balaban J connectivity index is 2.17. The standard InChI is InChI=1S/C15H14FNO3/c1-17(13-5-3-2-4-12(13)16)9-15(20)11-7-6-10(18)8-14(11)19/h2-8,18-19H,9H2,1H3. The monoisotopic (exact) mass is 275 g/mol. The van der Waals surface area contributed by atoms with E-state index >= 15 is 0 Å². The molecule has 0 aromatic heterocycles. The number of hydrogen-bond acceptors (Lipinski definition) is 4. The van der Waals surface area contributed by atoms with Crippen LogP contribution in [0.2, 0.25) is 0 Å². The number of rotatable bonds is 4. The normalized spacial score (nSPS) is 10.3. The van der Waals surface area contributed by atoms with Gasteiger partial charge in [-0.25, -0.2) is 4.39 Å². The molecule has 5 heteroatoms. The van der Waals surface area contributed by atoms with Crippen molar-refractivity contribution in [3.8, 4) is 11.5 Å². The fraction of sp³-hybridized carbons (Fsp3) is 0.133. The molecule has 0 bridgehead atoms. The lowest BCUT2D eigenvalue weighted by Gasteiger charge is -2.19. The molecule has 0 heterocycles. The van der Waals surface area contributed by atoms with Crippen molar-refractivity contribution in [3.05, 3.63) is 53.8 Å². The number of likely N-dealkylation sites (N-methyl/N-ethyl adjacent to an activating group) is 1. The highest BCUT2D eigenvalue weighted by molar-refractivity contribution is 6.01. The Kier molecular flexibility index (Phi) is 3.89. The third kappa shape index (κ3) is 2.88. The Morgan fingerprint density at radius 1 is 1.20 bits per heavy atom. The van der Waals surface area contributed by atoms with Crippen LogP contribution in [0.3, 0.4) is 0 Å². The fourth-order valence-corrected chi connectivity index (χ4v) is 1.90. The first-order valence-corrected chi connectivity index (χ1v) is 6.00. The Morgan fingerprint density at radius 2 is 1.90 bits per heavy atom. The average Bonchev–Trinajstić information content (AvgIpc) is 2.38. The van der Waals surface area contributed by atoms with Crippen LogP contribution in [0.1, 0.15) is 10.4 Å². The van der Waals surface area contributed by atoms with Crippen molar-refractivity contribution >= 4 is 11.5 Å². The predicted molar refractivity (Wildman–Crippen MR) is 73.8 cm³/mol. The largest absolute Gasteiger partial charge is 0.508 e. The summed E-state index contributed by atoms with van der Waals surface area (Å²) in [7, 11) is 1.59. The Morgan fingerprint density at radius 3 is 2.55 bits per heavy atom. The molecule has 0 saturated heterocycles. The van der Waals surface area contributed by atoms with E-state index < -0.39 is 5.82 Å². The number of benzene rings is 2. The van der Waals surface area contributed by atoms with E-state index in [1.165, 1.54) is 23.1 Å². The van der Waals surface area contributed by atoms with Crippen LogP contribution in [-0.2, 0) is 0 Å². The first-order valence-electron chi connectivity index (χ1n) is 6.00. The van der Waals surface area contributed by atoms with Crippen molar-refractivity contribution in [2.75, 3.05) is 18.5 Å². The lowest BCUT2D eigenvalue weighted by Crippen LogP contribution is -2.26. The quantitative estimate of drug-likeness (QED) is 0.842. The maximum absolute atomic E-state index is 13.6. The lowest BCUT2D eigenvalue weighted by atomic mass is 10.1. The number of carbonyl (C=O) groups is 1. The second-order valence-electron chi connectivity index (χ2n) is 4.43. The summed E-state index contributed by atoms with van der Waals surface area (Å²) < 4.78 is 13.6. The van der Waals surface area contributed by atoms with Gasteiger partial charge in [-0.3, -0.25) is 4.79 Å². The topological polar surface area (TPSA) is 60.8 Å². The number of phenols is 2. The first kappa shape index (κ1) is 13.9. The minimum atomic E-state index is -0.419. The summed E-state index contributed by atoms with van der Waals surface area (Å²) in [5.74, 6) is -1.20. The summed E-state index contributed by atoms with van der Waals surface area (Å²) in [6.07, 6.45) is 0. The van der Waals surface area contributed by atoms with Gasteiger partial charge in [-0.1, -0.05) is 12.1 Å². The van der Waals surface area contributed by atoms with E-state index in [9.17, 15) is 19.4 Å². The average molecular weight is 275 g/mol. The lowest BCUT2D eigenvalue weighted by molar-refractivity contribution is 0.0997. The van der Waals surface area contributed by atoms with E-state index in [1.54, 1.807) is 25.2 Å². The molecule has 0 fully saturated rings. The molecule has 0 spiro atoms. The van der Waals surface area contributed by atoms with Gasteiger partial charge in [0, 0.05) is 13.1 Å². The number of anilines is 1. The molecule has 0 aliphatic rings. The van der Waals surface area contributed by atoms with Crippen LogP contribution in [0.4, 0.5) is 10.1 Å². The number of hydrogen-bond donors (Lipinski definition) is 2. The van der Waals surface area contributed by atoms with Crippen LogP contribution in [0.5, 0.6) is 11.5 Å². The van der Waals surface area contributed by atoms with E-state index in [1.807, 2.05) is 0 Å². The number of Topliss-reactive ketones (excluding diaryl/α,β-unsaturated/α-hetero) is 1. The predicted octanol–water partition coefficient (Wildman–Crippen LogP) is 2.56. The molecule has 0 saturated carbocycles. The highest BCUT2D eigenvalue weighted by Gasteiger charge is 2.15. The Labute approximate surface area is 115 Å². The zero-order valence-electron chi connectivity index (χ0n) is 10.9. The maximum atomic E-state index is 13.6. The SMILES string of the molecule is CN(CC(=O)c1ccc(O)cc1O)c1ccccc1F. The highest BCUT2D eigenvalue weighted by atomic mass is 19.1. The number of halogens is 1. The summed E-state index contributed by atoms with van der Waals surface area (Å²) in [6.45, 7) is -0.0841. The maximum Gasteiger partial charge on any atom is 0.185 e. The van der Waals surface area contributed by atoms with Gasteiger partial charge in [0.05, 0.1) is 17.8 Å². The molecular weight excluding hydrogens is 261 g/mol. The van der Waals surface area contributed by atoms with Crippen LogP contribution in [0, 0.1) is 5.82 Å². The number of phenolic OH excluding ortho intramolecular Hbond substituents is 2. The van der Waals surface area contributed by atoms with Crippen molar-refractivity contribution in [3.63, 3.8) is 0 Å². The highest BCUT2D eigenvalue weighted by Crippen LogP contribution is 2.24. The van der Waals surface area contributed by atoms with Crippen LogP contribution < -0.4 is 4.90 Å². The van der Waals surface area contributed by atoms with E-state index in [4.69, 9.17) is 0 Å². The second-order valence-corrected chi connectivity index (χ2v) is 4.43. The van der Waals surface area contributed by atoms with E-state index in [2.05, 4.69) is 0 Å². The smallest absolute Gasteiger partial charge is 0.185 e. The molecule has 2 N–H and O–H groups in total. The molecule has 2 aromatic carbocycles. The van der Waals surface area contributed by atoms with Gasteiger partial charge in [0.15, 0.2) is 5.78 Å². The van der Waals surface area contributed by atoms with Gasteiger partial charge in [-0.15, -0.1) is 0 Å². The number of nitrogens with zero attached hydrogens (tertiary/aromatic N) is 1. The van der Waals surface area contributed by atoms with Gasteiger partial charge in [-0.05, 0) is 24.3 Å². The van der Waals surface area contributed by atoms with Gasteiger partial charge in [0.2, 0.25) is 0 Å². The van der Waals surface area contributed by atoms with E-state index in [0.717, 1.165) is 6.07 Å². The van der Waals surface area contributed by atoms with Gasteiger partial charge < -0.3 is 15.1 Å². The third-order valence-electron chi connectivity index (χ3n) is 2.93. The van der Waals surface area contributed by atoms with Gasteiger partial charge in [-0.2, -0.15) is 0 Å². The first-order chi connectivity index (χ1) is 9.49. The molecule has 0 amide bonds. The van der Waals surface area contributed by atoms with Gasteiger partial charge >= 0.3 is 0 Å². The number of carbonyl (C=O) groups excluding carboxylic acids is 1. The Hall–Kier alpha value is -2.56. The molecule has 20 heavy (non-hydrogen) atoms. The summed E-state index contributed by atoms with van der Waals surface area (Å²) in [5, 5.41) is 18.8. The van der Waals surface area contributed by atoms with Crippen molar-refractivity contribution in [2.24, 2.45) is 0 Å². The molecule has 0 atom stereocenters. The molecule has 0 aliphatic carbocycles. The Bertz CT molecular complexity index is 643. The number of aromatic hydroxyl groups is 2. The van der Waals surface area contributed by atoms with Crippen LogP contribution in [0.25, 0.3) is 0 Å². The van der Waals surface area contributed by atoms with Crippen LogP contribution in [0.15, 0.2) is 42.5 Å². The van der Waals surface area contributed by atoms with Crippen molar-refractivity contribution < 1.29 is 19.4 Å². The second kappa shape index (κ2) is 5.61. The molecule has 2 aromatic rings. The molecule has 0 radical (unpaired) electrons. The van der Waals surface area contributed by atoms with Gasteiger partial charge in [0.1, 0.15) is 17.3 Å². The minimum absolute atomic E-state index is 0.0841. The van der Waals surface area contributed by atoms with Crippen molar-refractivity contribution in [2.45, 2.75) is 0 Å². The molecular formula is C15H14FNO3. The molecule has 2 rings (SSSR count). The molecule has 4 nitrogen and oxygen atoms in total. The summed E-state index contributed by atoms with van der Waals surface area (Å²) >= 11 is 0. The molecule has 0 unspecified atom stereocenters. The van der Waals surface area contributed by atoms with E-state index in [-0.39, 0.29) is 29.4 Å². The number of para-hydroxylation sites is 1. The van der Waals surface area contributed by atoms with Gasteiger partial charge in [0.25, 0.3) is 0 Å². The minimum Gasteiger partial charge on any atom is -0.508 e. The van der Waals surface area contributed by atoms with Crippen molar-refractivity contribution in [1.82, 2.24) is 0 Å². The summed E-state index contributed by atoms with van der Waals surface area (Å²) in [5.41, 5.74) is 0.394. The molecule has 0 aliphatic heterocycles. The third-order valence-corrected chi connectivity index (χ3v) is 2.93. The molecule has 104 valence electrons. The summed E-state index contributed by atoms with van der Waals surface area (Å²) in [4.78, 5) is 13.5.